The number of methoxy groups -OCH3 is 1. The molecule has 7 heteroatoms. The summed E-state index contributed by atoms with van der Waals surface area (Å²) in [5, 5.41) is 0. The molecule has 2 atom stereocenters. The number of hydrogen-bond donors (Lipinski definition) is 0. The highest BCUT2D eigenvalue weighted by Crippen LogP contribution is 2.23. The minimum absolute atomic E-state index is 0.197. The zero-order chi connectivity index (χ0) is 17.8. The van der Waals surface area contributed by atoms with E-state index in [2.05, 4.69) is 26.8 Å². The first-order chi connectivity index (χ1) is 12.0. The predicted molar refractivity (Wildman–Crippen MR) is 94.0 cm³/mol. The molecule has 1 saturated heterocycles. The van der Waals surface area contributed by atoms with Crippen LogP contribution in [0.1, 0.15) is 17.8 Å². The fourth-order valence-corrected chi connectivity index (χ4v) is 3.40. The van der Waals surface area contributed by atoms with Crippen LogP contribution in [0.2, 0.25) is 0 Å². The lowest BCUT2D eigenvalue weighted by Crippen LogP contribution is -2.38. The lowest BCUT2D eigenvalue weighted by molar-refractivity contribution is 0.176. The van der Waals surface area contributed by atoms with Crippen LogP contribution in [0.15, 0.2) is 30.7 Å². The Bertz CT molecular complexity index is 674. The highest BCUT2D eigenvalue weighted by molar-refractivity contribution is 5.17. The highest BCUT2D eigenvalue weighted by Gasteiger charge is 2.33. The number of pyridine rings is 1. The zero-order valence-corrected chi connectivity index (χ0v) is 15.1. The third-order valence-corrected chi connectivity index (χ3v) is 4.72. The van der Waals surface area contributed by atoms with E-state index in [1.165, 1.54) is 0 Å². The van der Waals surface area contributed by atoms with Gasteiger partial charge in [-0.15, -0.1) is 0 Å². The SMILES string of the molecule is COc1ccc(CN(C)C[C@@H]2C[C@H](F)CN2Cc2nccn2C)cn1. The van der Waals surface area contributed by atoms with Gasteiger partial charge in [0, 0.05) is 57.4 Å². The van der Waals surface area contributed by atoms with Crippen LogP contribution in [0.3, 0.4) is 0 Å². The van der Waals surface area contributed by atoms with Crippen LogP contribution in [-0.2, 0) is 20.1 Å². The molecule has 0 N–H and O–H groups in total. The fourth-order valence-electron chi connectivity index (χ4n) is 3.40. The van der Waals surface area contributed by atoms with E-state index in [1.807, 2.05) is 36.1 Å². The number of likely N-dealkylation sites (tertiary alicyclic amines) is 1. The van der Waals surface area contributed by atoms with E-state index in [9.17, 15) is 4.39 Å². The van der Waals surface area contributed by atoms with Crippen molar-refractivity contribution in [3.05, 3.63) is 42.1 Å². The second kappa shape index (κ2) is 7.93. The van der Waals surface area contributed by atoms with Crippen molar-refractivity contribution in [2.75, 3.05) is 27.2 Å². The Morgan fingerprint density at radius 2 is 2.20 bits per heavy atom. The molecule has 0 amide bonds. The van der Waals surface area contributed by atoms with E-state index in [4.69, 9.17) is 4.74 Å². The van der Waals surface area contributed by atoms with Crippen molar-refractivity contribution in [2.24, 2.45) is 7.05 Å². The van der Waals surface area contributed by atoms with Crippen LogP contribution in [0.4, 0.5) is 4.39 Å². The summed E-state index contributed by atoms with van der Waals surface area (Å²) < 4.78 is 21.1. The number of halogens is 1. The third-order valence-electron chi connectivity index (χ3n) is 4.72. The van der Waals surface area contributed by atoms with Gasteiger partial charge in [-0.3, -0.25) is 4.90 Å². The van der Waals surface area contributed by atoms with E-state index in [1.54, 1.807) is 13.3 Å². The average molecular weight is 347 g/mol. The number of ether oxygens (including phenoxy) is 1. The largest absolute Gasteiger partial charge is 0.481 e. The van der Waals surface area contributed by atoms with Crippen LogP contribution in [0, 0.1) is 0 Å². The summed E-state index contributed by atoms with van der Waals surface area (Å²) in [6.45, 7) is 2.76. The van der Waals surface area contributed by atoms with E-state index >= 15 is 0 Å². The van der Waals surface area contributed by atoms with Crippen LogP contribution < -0.4 is 4.74 Å². The topological polar surface area (TPSA) is 46.4 Å². The van der Waals surface area contributed by atoms with E-state index in [0.29, 0.717) is 25.4 Å². The van der Waals surface area contributed by atoms with Gasteiger partial charge in [-0.25, -0.2) is 14.4 Å². The van der Waals surface area contributed by atoms with Gasteiger partial charge in [-0.05, 0) is 19.0 Å². The van der Waals surface area contributed by atoms with Gasteiger partial charge in [0.1, 0.15) is 12.0 Å². The molecule has 0 aliphatic carbocycles. The van der Waals surface area contributed by atoms with Crippen molar-refractivity contribution < 1.29 is 9.13 Å². The minimum atomic E-state index is -0.763. The van der Waals surface area contributed by atoms with Crippen LogP contribution in [0.25, 0.3) is 0 Å². The number of aryl methyl sites for hydroxylation is 1. The van der Waals surface area contributed by atoms with Gasteiger partial charge in [-0.2, -0.15) is 0 Å². The van der Waals surface area contributed by atoms with Crippen molar-refractivity contribution in [3.63, 3.8) is 0 Å². The Morgan fingerprint density at radius 3 is 2.84 bits per heavy atom. The van der Waals surface area contributed by atoms with Crippen LogP contribution >= 0.6 is 0 Å². The normalized spacial score (nSPS) is 21.2. The van der Waals surface area contributed by atoms with E-state index in [0.717, 1.165) is 24.5 Å². The van der Waals surface area contributed by atoms with Gasteiger partial charge >= 0.3 is 0 Å². The smallest absolute Gasteiger partial charge is 0.212 e. The van der Waals surface area contributed by atoms with E-state index in [-0.39, 0.29) is 6.04 Å². The quantitative estimate of drug-likeness (QED) is 0.765. The Labute approximate surface area is 148 Å². The average Bonchev–Trinajstić information content (AvgIpc) is 3.14. The molecule has 3 heterocycles. The maximum atomic E-state index is 14.0. The monoisotopic (exact) mass is 347 g/mol. The molecule has 1 fully saturated rings. The first-order valence-electron chi connectivity index (χ1n) is 8.57. The molecule has 25 heavy (non-hydrogen) atoms. The van der Waals surface area contributed by atoms with Gasteiger partial charge in [0.2, 0.25) is 5.88 Å². The Kier molecular flexibility index (Phi) is 5.65. The molecule has 0 unspecified atom stereocenters. The third kappa shape index (κ3) is 4.55. The highest BCUT2D eigenvalue weighted by atomic mass is 19.1. The van der Waals surface area contributed by atoms with Gasteiger partial charge in [0.15, 0.2) is 0 Å². The van der Waals surface area contributed by atoms with Crippen LogP contribution in [0.5, 0.6) is 5.88 Å². The molecule has 1 aliphatic rings. The lowest BCUT2D eigenvalue weighted by atomic mass is 10.2. The molecule has 1 aliphatic heterocycles. The number of rotatable bonds is 7. The zero-order valence-electron chi connectivity index (χ0n) is 15.1. The summed E-state index contributed by atoms with van der Waals surface area (Å²) in [5.74, 6) is 1.59. The molecule has 3 rings (SSSR count). The first-order valence-corrected chi connectivity index (χ1v) is 8.57. The Balaban J connectivity index is 1.58. The molecule has 2 aromatic rings. The summed E-state index contributed by atoms with van der Waals surface area (Å²) in [6, 6.07) is 4.08. The lowest BCUT2D eigenvalue weighted by Gasteiger charge is -2.28. The summed E-state index contributed by atoms with van der Waals surface area (Å²) in [4.78, 5) is 13.0. The molecule has 2 aromatic heterocycles. The number of hydrogen-bond acceptors (Lipinski definition) is 5. The molecule has 0 spiro atoms. The van der Waals surface area contributed by atoms with Crippen LogP contribution in [-0.4, -0.2) is 63.8 Å². The number of alkyl halides is 1. The second-order valence-electron chi connectivity index (χ2n) is 6.78. The van der Waals surface area contributed by atoms with E-state index < -0.39 is 6.17 Å². The maximum absolute atomic E-state index is 14.0. The molecular weight excluding hydrogens is 321 g/mol. The summed E-state index contributed by atoms with van der Waals surface area (Å²) >= 11 is 0. The van der Waals surface area contributed by atoms with Crippen molar-refractivity contribution in [1.29, 1.82) is 0 Å². The van der Waals surface area contributed by atoms with Crippen molar-refractivity contribution in [2.45, 2.75) is 31.7 Å². The Hall–Kier alpha value is -1.99. The van der Waals surface area contributed by atoms with Gasteiger partial charge in [0.25, 0.3) is 0 Å². The molecule has 136 valence electrons. The summed E-state index contributed by atoms with van der Waals surface area (Å²) in [7, 11) is 5.65. The number of nitrogens with zero attached hydrogens (tertiary/aromatic N) is 5. The van der Waals surface area contributed by atoms with Crippen molar-refractivity contribution >= 4 is 0 Å². The van der Waals surface area contributed by atoms with Crippen molar-refractivity contribution in [3.8, 4) is 5.88 Å². The molecule has 0 saturated carbocycles. The molecule has 0 bridgehead atoms. The maximum Gasteiger partial charge on any atom is 0.212 e. The predicted octanol–water partition coefficient (Wildman–Crippen LogP) is 1.87. The van der Waals surface area contributed by atoms with Gasteiger partial charge in [-0.1, -0.05) is 6.07 Å². The Morgan fingerprint density at radius 1 is 1.36 bits per heavy atom. The molecule has 0 aromatic carbocycles. The fraction of sp³-hybridized carbons (Fsp3) is 0.556. The minimum Gasteiger partial charge on any atom is -0.481 e. The first kappa shape index (κ1) is 17.8. The number of likely N-dealkylation sites (N-methyl/N-ethyl adjacent to an activating group) is 1. The molecule has 0 radical (unpaired) electrons. The standard InChI is InChI=1S/C18H26FN5O/c1-22(10-14-4-5-18(25-3)21-9-14)12-16-8-15(19)11-24(16)13-17-20-6-7-23(17)2/h4-7,9,15-16H,8,10-13H2,1-3H3/t15-,16-/m0/s1. The molecular formula is C18H26FN5O. The van der Waals surface area contributed by atoms with Gasteiger partial charge < -0.3 is 14.2 Å². The summed E-state index contributed by atoms with van der Waals surface area (Å²) in [6.07, 6.45) is 5.36. The molecule has 6 nitrogen and oxygen atoms in total. The van der Waals surface area contributed by atoms with Gasteiger partial charge in [0.05, 0.1) is 13.7 Å². The number of aromatic nitrogens is 3. The number of imidazole rings is 1. The summed E-state index contributed by atoms with van der Waals surface area (Å²) in [5.41, 5.74) is 1.12. The van der Waals surface area contributed by atoms with Crippen molar-refractivity contribution in [1.82, 2.24) is 24.3 Å². The second-order valence-corrected chi connectivity index (χ2v) is 6.78.